The van der Waals surface area contributed by atoms with Crippen LogP contribution in [0.2, 0.25) is 0 Å². The van der Waals surface area contributed by atoms with Gasteiger partial charge in [0, 0.05) is 44.3 Å². The maximum atomic E-state index is 13.6. The molecule has 0 unspecified atom stereocenters. The van der Waals surface area contributed by atoms with Crippen LogP contribution >= 0.6 is 0 Å². The summed E-state index contributed by atoms with van der Waals surface area (Å²) in [5, 5.41) is 2.48. The van der Waals surface area contributed by atoms with Gasteiger partial charge in [-0.25, -0.2) is 4.79 Å². The van der Waals surface area contributed by atoms with E-state index < -0.39 is 23.2 Å². The summed E-state index contributed by atoms with van der Waals surface area (Å²) in [6, 6.07) is 2.67. The van der Waals surface area contributed by atoms with E-state index in [2.05, 4.69) is 10.2 Å². The lowest BCUT2D eigenvalue weighted by Gasteiger charge is -2.43. The third-order valence-corrected chi connectivity index (χ3v) is 5.63. The summed E-state index contributed by atoms with van der Waals surface area (Å²) in [7, 11) is 0. The summed E-state index contributed by atoms with van der Waals surface area (Å²) in [5.74, 6) is -0.303. The van der Waals surface area contributed by atoms with Crippen molar-refractivity contribution in [3.8, 4) is 0 Å². The Labute approximate surface area is 180 Å². The second-order valence-corrected chi connectivity index (χ2v) is 9.56. The highest BCUT2D eigenvalue weighted by Gasteiger charge is 2.39. The number of rotatable bonds is 3. The number of alkyl halides is 3. The number of amides is 2. The minimum absolute atomic E-state index is 0.0106. The molecular formula is C22H30F3N3O3. The molecule has 0 aliphatic carbocycles. The molecule has 1 aromatic rings. The van der Waals surface area contributed by atoms with Crippen LogP contribution in [-0.2, 0) is 24.0 Å². The summed E-state index contributed by atoms with van der Waals surface area (Å²) in [6.45, 7) is 11.0. The highest BCUT2D eigenvalue weighted by Crippen LogP contribution is 2.36. The Bertz CT molecular complexity index is 862. The van der Waals surface area contributed by atoms with Gasteiger partial charge in [-0.15, -0.1) is 0 Å². The standard InChI is InChI=1S/C22H30F3N3O3/c1-13(2)18-12-28(20(30)31-21(3,4)5)7-6-27(18)11-14-8-15-16(10-26-19(15)29)17(9-14)22(23,24)25/h8-9,13,18H,6-7,10-12H2,1-5H3,(H,26,29)/t18-/m1/s1. The number of carbonyl (C=O) groups is 2. The summed E-state index contributed by atoms with van der Waals surface area (Å²) in [4.78, 5) is 28.3. The number of benzene rings is 1. The molecule has 1 aromatic carbocycles. The fourth-order valence-electron chi connectivity index (χ4n) is 4.14. The van der Waals surface area contributed by atoms with Crippen molar-refractivity contribution in [2.24, 2.45) is 5.92 Å². The first-order valence-corrected chi connectivity index (χ1v) is 10.5. The molecule has 9 heteroatoms. The minimum Gasteiger partial charge on any atom is -0.444 e. The van der Waals surface area contributed by atoms with Crippen LogP contribution in [0.5, 0.6) is 0 Å². The van der Waals surface area contributed by atoms with E-state index in [-0.39, 0.29) is 42.3 Å². The summed E-state index contributed by atoms with van der Waals surface area (Å²) in [6.07, 6.45) is -4.91. The average molecular weight is 441 g/mol. The SMILES string of the molecule is CC(C)[C@H]1CN(C(=O)OC(C)(C)C)CCN1Cc1cc2c(c(C(F)(F)F)c1)CNC2=O. The van der Waals surface area contributed by atoms with E-state index in [0.29, 0.717) is 25.2 Å². The molecule has 6 nitrogen and oxygen atoms in total. The lowest BCUT2D eigenvalue weighted by molar-refractivity contribution is -0.138. The Balaban J connectivity index is 1.82. The smallest absolute Gasteiger partial charge is 0.416 e. The monoisotopic (exact) mass is 441 g/mol. The number of carbonyl (C=O) groups excluding carboxylic acids is 2. The number of fused-ring (bicyclic) bond motifs is 1. The summed E-state index contributed by atoms with van der Waals surface area (Å²) in [5.41, 5.74) is -0.804. The third-order valence-electron chi connectivity index (χ3n) is 5.63. The van der Waals surface area contributed by atoms with Crippen LogP contribution < -0.4 is 5.32 Å². The predicted molar refractivity (Wildman–Crippen MR) is 109 cm³/mol. The molecule has 31 heavy (non-hydrogen) atoms. The number of nitrogens with one attached hydrogen (secondary N) is 1. The fourth-order valence-corrected chi connectivity index (χ4v) is 4.14. The molecule has 2 amide bonds. The first kappa shape index (κ1) is 23.4. The molecule has 0 bridgehead atoms. The van der Waals surface area contributed by atoms with Gasteiger partial charge >= 0.3 is 12.3 Å². The van der Waals surface area contributed by atoms with E-state index in [1.54, 1.807) is 11.0 Å². The van der Waals surface area contributed by atoms with Gasteiger partial charge in [-0.05, 0) is 49.9 Å². The van der Waals surface area contributed by atoms with Crippen LogP contribution in [0.15, 0.2) is 12.1 Å². The molecule has 0 aromatic heterocycles. The molecule has 0 radical (unpaired) electrons. The predicted octanol–water partition coefficient (Wildman–Crippen LogP) is 4.03. The number of nitrogens with zero attached hydrogens (tertiary/aromatic N) is 2. The van der Waals surface area contributed by atoms with Crippen molar-refractivity contribution in [3.05, 3.63) is 34.4 Å². The number of hydrogen-bond donors (Lipinski definition) is 1. The lowest BCUT2D eigenvalue weighted by atomic mass is 9.96. The van der Waals surface area contributed by atoms with Crippen LogP contribution in [0.3, 0.4) is 0 Å². The zero-order valence-electron chi connectivity index (χ0n) is 18.6. The second-order valence-electron chi connectivity index (χ2n) is 9.56. The zero-order chi connectivity index (χ0) is 23.1. The highest BCUT2D eigenvalue weighted by molar-refractivity contribution is 5.99. The largest absolute Gasteiger partial charge is 0.444 e. The maximum Gasteiger partial charge on any atom is 0.416 e. The van der Waals surface area contributed by atoms with Gasteiger partial charge in [-0.1, -0.05) is 13.8 Å². The Hall–Kier alpha value is -2.29. The van der Waals surface area contributed by atoms with E-state index >= 15 is 0 Å². The molecule has 1 atom stereocenters. The molecular weight excluding hydrogens is 411 g/mol. The maximum absolute atomic E-state index is 13.6. The summed E-state index contributed by atoms with van der Waals surface area (Å²) >= 11 is 0. The normalized spacial score (nSPS) is 20.1. The topological polar surface area (TPSA) is 61.9 Å². The summed E-state index contributed by atoms with van der Waals surface area (Å²) < 4.78 is 46.3. The molecule has 3 rings (SSSR count). The van der Waals surface area contributed by atoms with Gasteiger partial charge < -0.3 is 15.0 Å². The van der Waals surface area contributed by atoms with Crippen molar-refractivity contribution in [1.82, 2.24) is 15.1 Å². The van der Waals surface area contributed by atoms with E-state index in [4.69, 9.17) is 4.74 Å². The number of hydrogen-bond acceptors (Lipinski definition) is 4. The van der Waals surface area contributed by atoms with Crippen LogP contribution in [-0.4, -0.2) is 53.1 Å². The van der Waals surface area contributed by atoms with Crippen molar-refractivity contribution in [1.29, 1.82) is 0 Å². The molecule has 2 heterocycles. The molecule has 0 saturated carbocycles. The minimum atomic E-state index is -4.53. The molecule has 0 spiro atoms. The van der Waals surface area contributed by atoms with Crippen molar-refractivity contribution in [2.45, 2.75) is 65.5 Å². The van der Waals surface area contributed by atoms with Crippen LogP contribution in [0, 0.1) is 5.92 Å². The molecule has 2 aliphatic heterocycles. The molecule has 1 N–H and O–H groups in total. The van der Waals surface area contributed by atoms with Gasteiger partial charge in [-0.2, -0.15) is 13.2 Å². The molecule has 2 aliphatic rings. The van der Waals surface area contributed by atoms with Gasteiger partial charge in [0.25, 0.3) is 5.91 Å². The Morgan fingerprint density at radius 1 is 1.23 bits per heavy atom. The van der Waals surface area contributed by atoms with Gasteiger partial charge in [0.1, 0.15) is 5.60 Å². The first-order chi connectivity index (χ1) is 14.3. The van der Waals surface area contributed by atoms with Gasteiger partial charge in [-0.3, -0.25) is 9.69 Å². The van der Waals surface area contributed by atoms with E-state index in [1.807, 2.05) is 34.6 Å². The van der Waals surface area contributed by atoms with E-state index in [0.717, 1.165) is 6.07 Å². The number of piperazine rings is 1. The Kier molecular flexibility index (Phi) is 6.28. The number of halogens is 3. The van der Waals surface area contributed by atoms with Gasteiger partial charge in [0.15, 0.2) is 0 Å². The van der Waals surface area contributed by atoms with Crippen molar-refractivity contribution in [3.63, 3.8) is 0 Å². The van der Waals surface area contributed by atoms with Crippen molar-refractivity contribution < 1.29 is 27.5 Å². The average Bonchev–Trinajstić information content (AvgIpc) is 3.00. The van der Waals surface area contributed by atoms with Gasteiger partial charge in [0.2, 0.25) is 0 Å². The van der Waals surface area contributed by atoms with Crippen molar-refractivity contribution >= 4 is 12.0 Å². The van der Waals surface area contributed by atoms with Crippen LogP contribution in [0.1, 0.15) is 61.7 Å². The highest BCUT2D eigenvalue weighted by atomic mass is 19.4. The van der Waals surface area contributed by atoms with E-state index in [1.165, 1.54) is 0 Å². The van der Waals surface area contributed by atoms with Crippen molar-refractivity contribution in [2.75, 3.05) is 19.6 Å². The van der Waals surface area contributed by atoms with Crippen LogP contribution in [0.4, 0.5) is 18.0 Å². The molecule has 1 saturated heterocycles. The van der Waals surface area contributed by atoms with Gasteiger partial charge in [0.05, 0.1) is 5.56 Å². The third kappa shape index (κ3) is 5.31. The Morgan fingerprint density at radius 2 is 1.90 bits per heavy atom. The van der Waals surface area contributed by atoms with Crippen LogP contribution in [0.25, 0.3) is 0 Å². The zero-order valence-corrected chi connectivity index (χ0v) is 18.6. The fraction of sp³-hybridized carbons (Fsp3) is 0.636. The lowest BCUT2D eigenvalue weighted by Crippen LogP contribution is -2.56. The molecule has 172 valence electrons. The second kappa shape index (κ2) is 8.33. The first-order valence-electron chi connectivity index (χ1n) is 10.5. The molecule has 1 fully saturated rings. The quantitative estimate of drug-likeness (QED) is 0.770. The Morgan fingerprint density at radius 3 is 2.48 bits per heavy atom. The van der Waals surface area contributed by atoms with E-state index in [9.17, 15) is 22.8 Å². The number of ether oxygens (including phenoxy) is 1.